The maximum atomic E-state index is 10.3. The Balaban J connectivity index is 2.40. The molecule has 0 saturated heterocycles. The summed E-state index contributed by atoms with van der Waals surface area (Å²) >= 11 is 0. The van der Waals surface area contributed by atoms with Gasteiger partial charge < -0.3 is 5.11 Å². The van der Waals surface area contributed by atoms with Crippen molar-refractivity contribution in [3.05, 3.63) is 30.3 Å². The van der Waals surface area contributed by atoms with Crippen LogP contribution in [-0.4, -0.2) is 16.8 Å². The molecule has 0 aliphatic rings. The lowest BCUT2D eigenvalue weighted by Crippen LogP contribution is -2.02. The molecular weight excluding hydrogens is 192 g/mol. The van der Waals surface area contributed by atoms with E-state index in [4.69, 9.17) is 5.11 Å². The minimum absolute atomic E-state index is 0.117. The molecule has 0 amide bonds. The summed E-state index contributed by atoms with van der Waals surface area (Å²) in [5.74, 6) is -0.802. The van der Waals surface area contributed by atoms with Gasteiger partial charge in [0.25, 0.3) is 0 Å². The predicted octanol–water partition coefficient (Wildman–Crippen LogP) is 2.34. The summed E-state index contributed by atoms with van der Waals surface area (Å²) in [5, 5.41) is 12.5. The van der Waals surface area contributed by atoms with Crippen LogP contribution in [0.5, 0.6) is 0 Å². The minimum atomic E-state index is -0.802. The molecule has 0 aromatic heterocycles. The van der Waals surface area contributed by atoms with Gasteiger partial charge in [-0.25, -0.2) is 0 Å². The average molecular weight is 206 g/mol. The Morgan fingerprint density at radius 3 is 2.60 bits per heavy atom. The van der Waals surface area contributed by atoms with Crippen LogP contribution in [0.4, 0.5) is 5.69 Å². The fourth-order valence-corrected chi connectivity index (χ4v) is 1.02. The first kappa shape index (κ1) is 11.2. The number of hydrogen-bond acceptors (Lipinski definition) is 3. The van der Waals surface area contributed by atoms with Gasteiger partial charge in [0.2, 0.25) is 0 Å². The molecule has 0 fully saturated rings. The number of hydrogen-bond donors (Lipinski definition) is 2. The third kappa shape index (κ3) is 4.81. The first-order chi connectivity index (χ1) is 7.18. The second-order valence-corrected chi connectivity index (χ2v) is 3.22. The molecule has 0 bridgehead atoms. The number of nitrogens with one attached hydrogen (secondary N) is 1. The third-order valence-corrected chi connectivity index (χ3v) is 1.85. The molecule has 0 atom stereocenters. The second-order valence-electron chi connectivity index (χ2n) is 3.22. The number of benzene rings is 1. The number of nitrogens with zero attached hydrogens (tertiary/aromatic N) is 1. The van der Waals surface area contributed by atoms with Gasteiger partial charge in [0.15, 0.2) is 0 Å². The van der Waals surface area contributed by atoms with Gasteiger partial charge in [-0.3, -0.25) is 10.2 Å². The van der Waals surface area contributed by atoms with Crippen LogP contribution in [0.3, 0.4) is 0 Å². The Morgan fingerprint density at radius 2 is 2.00 bits per heavy atom. The largest absolute Gasteiger partial charge is 0.481 e. The lowest BCUT2D eigenvalue weighted by molar-refractivity contribution is -0.136. The monoisotopic (exact) mass is 206 g/mol. The second kappa shape index (κ2) is 5.80. The summed E-state index contributed by atoms with van der Waals surface area (Å²) in [7, 11) is 0. The highest BCUT2D eigenvalue weighted by atomic mass is 16.4. The molecule has 80 valence electrons. The Hall–Kier alpha value is -1.84. The van der Waals surface area contributed by atoms with Crippen molar-refractivity contribution in [2.45, 2.75) is 19.8 Å². The molecule has 1 rings (SSSR count). The van der Waals surface area contributed by atoms with Gasteiger partial charge in [-0.1, -0.05) is 18.2 Å². The summed E-state index contributed by atoms with van der Waals surface area (Å²) in [4.78, 5) is 10.3. The van der Waals surface area contributed by atoms with E-state index in [-0.39, 0.29) is 6.42 Å². The zero-order chi connectivity index (χ0) is 11.1. The van der Waals surface area contributed by atoms with Gasteiger partial charge >= 0.3 is 5.97 Å². The van der Waals surface area contributed by atoms with Crippen molar-refractivity contribution in [3.63, 3.8) is 0 Å². The molecule has 0 aliphatic heterocycles. The molecular formula is C11H14N2O2. The minimum Gasteiger partial charge on any atom is -0.481 e. The van der Waals surface area contributed by atoms with Crippen molar-refractivity contribution in [3.8, 4) is 0 Å². The summed E-state index contributed by atoms with van der Waals surface area (Å²) in [5.41, 5.74) is 4.54. The van der Waals surface area contributed by atoms with E-state index in [1.165, 1.54) is 0 Å². The smallest absolute Gasteiger partial charge is 0.303 e. The van der Waals surface area contributed by atoms with Crippen LogP contribution in [0.15, 0.2) is 35.4 Å². The van der Waals surface area contributed by atoms with Crippen LogP contribution in [0.1, 0.15) is 19.8 Å². The number of carboxylic acids is 1. The summed E-state index contributed by atoms with van der Waals surface area (Å²) in [6.45, 7) is 1.80. The van der Waals surface area contributed by atoms with Gasteiger partial charge in [0.1, 0.15) is 0 Å². The van der Waals surface area contributed by atoms with E-state index in [1.807, 2.05) is 30.3 Å². The molecule has 4 nitrogen and oxygen atoms in total. The molecule has 0 unspecified atom stereocenters. The van der Waals surface area contributed by atoms with Crippen molar-refractivity contribution >= 4 is 17.4 Å². The number of para-hydroxylation sites is 1. The maximum absolute atomic E-state index is 10.3. The number of anilines is 1. The van der Waals surface area contributed by atoms with Gasteiger partial charge in [-0.2, -0.15) is 5.10 Å². The van der Waals surface area contributed by atoms with Crippen LogP contribution in [0.2, 0.25) is 0 Å². The number of hydrazone groups is 1. The summed E-state index contributed by atoms with van der Waals surface area (Å²) in [6, 6.07) is 9.53. The number of carbonyl (C=O) groups is 1. The van der Waals surface area contributed by atoms with E-state index >= 15 is 0 Å². The molecule has 15 heavy (non-hydrogen) atoms. The fourth-order valence-electron chi connectivity index (χ4n) is 1.02. The highest BCUT2D eigenvalue weighted by molar-refractivity contribution is 5.85. The van der Waals surface area contributed by atoms with E-state index in [2.05, 4.69) is 10.5 Å². The standard InChI is InChI=1S/C11H14N2O2/c1-9(7-8-11(14)15)12-13-10-5-3-2-4-6-10/h2-6,13H,7-8H2,1H3,(H,14,15). The van der Waals surface area contributed by atoms with E-state index in [1.54, 1.807) is 6.92 Å². The van der Waals surface area contributed by atoms with Crippen molar-refractivity contribution in [2.24, 2.45) is 5.10 Å². The number of carboxylic acid groups (broad SMARTS) is 1. The average Bonchev–Trinajstić information content (AvgIpc) is 2.25. The fraction of sp³-hybridized carbons (Fsp3) is 0.273. The van der Waals surface area contributed by atoms with Gasteiger partial charge in [0.05, 0.1) is 12.1 Å². The van der Waals surface area contributed by atoms with Crippen molar-refractivity contribution in [1.82, 2.24) is 0 Å². The maximum Gasteiger partial charge on any atom is 0.303 e. The van der Waals surface area contributed by atoms with E-state index < -0.39 is 5.97 Å². The topological polar surface area (TPSA) is 61.7 Å². The molecule has 2 N–H and O–H groups in total. The van der Waals surface area contributed by atoms with E-state index in [0.717, 1.165) is 11.4 Å². The van der Waals surface area contributed by atoms with Crippen LogP contribution < -0.4 is 5.43 Å². The molecule has 1 aromatic rings. The lowest BCUT2D eigenvalue weighted by Gasteiger charge is -2.01. The van der Waals surface area contributed by atoms with Crippen LogP contribution in [0, 0.1) is 0 Å². The third-order valence-electron chi connectivity index (χ3n) is 1.85. The SMILES string of the molecule is CC(CCC(=O)O)=NNc1ccccc1. The van der Waals surface area contributed by atoms with E-state index in [9.17, 15) is 4.79 Å². The van der Waals surface area contributed by atoms with Gasteiger partial charge in [-0.05, 0) is 25.5 Å². The highest BCUT2D eigenvalue weighted by Crippen LogP contribution is 2.05. The molecule has 0 aliphatic carbocycles. The summed E-state index contributed by atoms with van der Waals surface area (Å²) < 4.78 is 0. The number of rotatable bonds is 5. The first-order valence-electron chi connectivity index (χ1n) is 4.74. The van der Waals surface area contributed by atoms with Crippen LogP contribution >= 0.6 is 0 Å². The van der Waals surface area contributed by atoms with Crippen LogP contribution in [-0.2, 0) is 4.79 Å². The Kier molecular flexibility index (Phi) is 4.34. The van der Waals surface area contributed by atoms with Crippen molar-refractivity contribution in [1.29, 1.82) is 0 Å². The lowest BCUT2D eigenvalue weighted by atomic mass is 10.2. The first-order valence-corrected chi connectivity index (χ1v) is 4.74. The highest BCUT2D eigenvalue weighted by Gasteiger charge is 1.98. The van der Waals surface area contributed by atoms with Gasteiger partial charge in [-0.15, -0.1) is 0 Å². The normalized spacial score (nSPS) is 11.1. The Morgan fingerprint density at radius 1 is 1.33 bits per heavy atom. The molecule has 0 spiro atoms. The van der Waals surface area contributed by atoms with E-state index in [0.29, 0.717) is 6.42 Å². The summed E-state index contributed by atoms with van der Waals surface area (Å²) in [6.07, 6.45) is 0.584. The van der Waals surface area contributed by atoms with Crippen molar-refractivity contribution < 1.29 is 9.90 Å². The van der Waals surface area contributed by atoms with Gasteiger partial charge in [0, 0.05) is 5.71 Å². The molecule has 0 saturated carbocycles. The van der Waals surface area contributed by atoms with Crippen LogP contribution in [0.25, 0.3) is 0 Å². The molecule has 4 heteroatoms. The quantitative estimate of drug-likeness (QED) is 0.574. The Bertz CT molecular complexity index is 347. The molecule has 0 heterocycles. The predicted molar refractivity (Wildman–Crippen MR) is 60.0 cm³/mol. The zero-order valence-corrected chi connectivity index (χ0v) is 8.60. The Labute approximate surface area is 88.6 Å². The zero-order valence-electron chi connectivity index (χ0n) is 8.60. The van der Waals surface area contributed by atoms with Crippen molar-refractivity contribution in [2.75, 3.05) is 5.43 Å². The number of aliphatic carboxylic acids is 1. The molecule has 0 radical (unpaired) electrons. The molecule has 1 aromatic carbocycles.